The van der Waals surface area contributed by atoms with Crippen molar-refractivity contribution in [2.45, 2.75) is 26.4 Å². The number of hydrogen-bond acceptors (Lipinski definition) is 4. The van der Waals surface area contributed by atoms with E-state index in [-0.39, 0.29) is 0 Å². The van der Waals surface area contributed by atoms with Crippen molar-refractivity contribution in [3.05, 3.63) is 24.3 Å². The Morgan fingerprint density at radius 1 is 1.50 bits per heavy atom. The molecule has 1 atom stereocenters. The molecular weight excluding hydrogens is 178 g/mol. The molecule has 4 heteroatoms. The molecule has 0 bridgehead atoms. The standard InChI is InChI=1S/C10H17N3O/c1-3-14-8-9(2)13-7-10-6-11-4-5-12-10/h4-6,9,13H,3,7-8H2,1-2H3. The fourth-order valence-electron chi connectivity index (χ4n) is 1.05. The highest BCUT2D eigenvalue weighted by atomic mass is 16.5. The summed E-state index contributed by atoms with van der Waals surface area (Å²) < 4.78 is 5.29. The summed E-state index contributed by atoms with van der Waals surface area (Å²) in [7, 11) is 0. The maximum Gasteiger partial charge on any atom is 0.0724 e. The summed E-state index contributed by atoms with van der Waals surface area (Å²) in [6, 6.07) is 0.344. The van der Waals surface area contributed by atoms with Gasteiger partial charge in [-0.15, -0.1) is 0 Å². The van der Waals surface area contributed by atoms with Crippen LogP contribution in [0.4, 0.5) is 0 Å². The molecule has 1 aromatic heterocycles. The van der Waals surface area contributed by atoms with Crippen LogP contribution in [-0.4, -0.2) is 29.2 Å². The topological polar surface area (TPSA) is 47.0 Å². The molecule has 1 aromatic rings. The van der Waals surface area contributed by atoms with E-state index >= 15 is 0 Å². The first-order chi connectivity index (χ1) is 6.83. The van der Waals surface area contributed by atoms with Crippen molar-refractivity contribution in [3.8, 4) is 0 Å². The lowest BCUT2D eigenvalue weighted by molar-refractivity contribution is 0.127. The molecule has 0 saturated carbocycles. The normalized spacial score (nSPS) is 12.7. The zero-order chi connectivity index (χ0) is 10.2. The van der Waals surface area contributed by atoms with Crippen molar-refractivity contribution in [1.82, 2.24) is 15.3 Å². The number of ether oxygens (including phenoxy) is 1. The van der Waals surface area contributed by atoms with Crippen LogP contribution in [0.5, 0.6) is 0 Å². The Hall–Kier alpha value is -1.00. The van der Waals surface area contributed by atoms with Gasteiger partial charge >= 0.3 is 0 Å². The number of hydrogen-bond donors (Lipinski definition) is 1. The molecule has 4 nitrogen and oxygen atoms in total. The lowest BCUT2D eigenvalue weighted by Crippen LogP contribution is -2.30. The molecule has 0 aliphatic carbocycles. The van der Waals surface area contributed by atoms with Crippen molar-refractivity contribution in [1.29, 1.82) is 0 Å². The van der Waals surface area contributed by atoms with Gasteiger partial charge in [0.1, 0.15) is 0 Å². The monoisotopic (exact) mass is 195 g/mol. The second-order valence-corrected chi connectivity index (χ2v) is 3.14. The molecule has 0 radical (unpaired) electrons. The van der Waals surface area contributed by atoms with Crippen LogP contribution in [-0.2, 0) is 11.3 Å². The average molecular weight is 195 g/mol. The van der Waals surface area contributed by atoms with Crippen molar-refractivity contribution in [2.75, 3.05) is 13.2 Å². The third-order valence-electron chi connectivity index (χ3n) is 1.82. The minimum Gasteiger partial charge on any atom is -0.380 e. The molecule has 1 unspecified atom stereocenters. The van der Waals surface area contributed by atoms with Gasteiger partial charge < -0.3 is 10.1 Å². The highest BCUT2D eigenvalue weighted by Crippen LogP contribution is 1.91. The molecule has 0 fully saturated rings. The summed E-state index contributed by atoms with van der Waals surface area (Å²) >= 11 is 0. The van der Waals surface area contributed by atoms with Crippen LogP contribution < -0.4 is 5.32 Å². The van der Waals surface area contributed by atoms with Gasteiger partial charge in [-0.2, -0.15) is 0 Å². The third kappa shape index (κ3) is 4.30. The first kappa shape index (κ1) is 11.1. The van der Waals surface area contributed by atoms with E-state index in [1.165, 1.54) is 0 Å². The molecule has 0 aliphatic heterocycles. The Balaban J connectivity index is 2.20. The maximum atomic E-state index is 5.29. The number of aromatic nitrogens is 2. The van der Waals surface area contributed by atoms with E-state index in [4.69, 9.17) is 4.74 Å². The van der Waals surface area contributed by atoms with Crippen LogP contribution in [0.3, 0.4) is 0 Å². The minimum atomic E-state index is 0.344. The summed E-state index contributed by atoms with van der Waals surface area (Å²) in [6.45, 7) is 6.32. The molecule has 0 amide bonds. The van der Waals surface area contributed by atoms with Gasteiger partial charge in [-0.05, 0) is 13.8 Å². The van der Waals surface area contributed by atoms with Gasteiger partial charge in [0.25, 0.3) is 0 Å². The van der Waals surface area contributed by atoms with Gasteiger partial charge in [0, 0.05) is 37.8 Å². The molecular formula is C10H17N3O. The highest BCUT2D eigenvalue weighted by molar-refractivity contribution is 4.93. The Bertz CT molecular complexity index is 240. The van der Waals surface area contributed by atoms with E-state index in [9.17, 15) is 0 Å². The van der Waals surface area contributed by atoms with Crippen molar-refractivity contribution in [3.63, 3.8) is 0 Å². The summed E-state index contributed by atoms with van der Waals surface area (Å²) in [4.78, 5) is 8.16. The first-order valence-electron chi connectivity index (χ1n) is 4.89. The predicted octanol–water partition coefficient (Wildman–Crippen LogP) is 0.991. The van der Waals surface area contributed by atoms with Gasteiger partial charge in [-0.3, -0.25) is 9.97 Å². The van der Waals surface area contributed by atoms with Crippen LogP contribution in [0.25, 0.3) is 0 Å². The van der Waals surface area contributed by atoms with Crippen LogP contribution in [0.15, 0.2) is 18.6 Å². The van der Waals surface area contributed by atoms with E-state index in [1.54, 1.807) is 18.6 Å². The average Bonchev–Trinajstić information content (AvgIpc) is 2.25. The van der Waals surface area contributed by atoms with Crippen molar-refractivity contribution >= 4 is 0 Å². The van der Waals surface area contributed by atoms with Gasteiger partial charge in [-0.25, -0.2) is 0 Å². The molecule has 0 aliphatic rings. The van der Waals surface area contributed by atoms with E-state index in [1.807, 2.05) is 6.92 Å². The Labute approximate surface area is 84.7 Å². The second-order valence-electron chi connectivity index (χ2n) is 3.14. The van der Waals surface area contributed by atoms with E-state index in [0.29, 0.717) is 6.04 Å². The van der Waals surface area contributed by atoms with E-state index < -0.39 is 0 Å². The van der Waals surface area contributed by atoms with Crippen LogP contribution in [0.2, 0.25) is 0 Å². The second kappa shape index (κ2) is 6.45. The van der Waals surface area contributed by atoms with Gasteiger partial charge in [0.15, 0.2) is 0 Å². The SMILES string of the molecule is CCOCC(C)NCc1cnccn1. The highest BCUT2D eigenvalue weighted by Gasteiger charge is 2.01. The molecule has 1 heterocycles. The number of nitrogens with zero attached hydrogens (tertiary/aromatic N) is 2. The molecule has 0 aromatic carbocycles. The van der Waals surface area contributed by atoms with Gasteiger partial charge in [0.2, 0.25) is 0 Å². The zero-order valence-electron chi connectivity index (χ0n) is 8.73. The Kier molecular flexibility index (Phi) is 5.11. The summed E-state index contributed by atoms with van der Waals surface area (Å²) in [5, 5.41) is 3.31. The lowest BCUT2D eigenvalue weighted by Gasteiger charge is -2.12. The van der Waals surface area contributed by atoms with Gasteiger partial charge in [0.05, 0.1) is 12.3 Å². The van der Waals surface area contributed by atoms with E-state index in [0.717, 1.165) is 25.5 Å². The quantitative estimate of drug-likeness (QED) is 0.735. The largest absolute Gasteiger partial charge is 0.380 e. The van der Waals surface area contributed by atoms with Crippen LogP contribution >= 0.6 is 0 Å². The zero-order valence-corrected chi connectivity index (χ0v) is 8.73. The summed E-state index contributed by atoms with van der Waals surface area (Å²) in [5.41, 5.74) is 0.954. The molecule has 14 heavy (non-hydrogen) atoms. The fourth-order valence-corrected chi connectivity index (χ4v) is 1.05. The van der Waals surface area contributed by atoms with E-state index in [2.05, 4.69) is 22.2 Å². The molecule has 0 spiro atoms. The summed E-state index contributed by atoms with van der Waals surface area (Å²) in [6.07, 6.45) is 5.14. The molecule has 78 valence electrons. The van der Waals surface area contributed by atoms with Crippen LogP contribution in [0.1, 0.15) is 19.5 Å². The predicted molar refractivity (Wildman–Crippen MR) is 54.8 cm³/mol. The minimum absolute atomic E-state index is 0.344. The lowest BCUT2D eigenvalue weighted by atomic mass is 10.3. The van der Waals surface area contributed by atoms with Crippen molar-refractivity contribution in [2.24, 2.45) is 0 Å². The van der Waals surface area contributed by atoms with Crippen molar-refractivity contribution < 1.29 is 4.74 Å². The molecule has 1 N–H and O–H groups in total. The fraction of sp³-hybridized carbons (Fsp3) is 0.600. The number of rotatable bonds is 6. The Morgan fingerprint density at radius 3 is 3.00 bits per heavy atom. The van der Waals surface area contributed by atoms with Crippen LogP contribution in [0, 0.1) is 0 Å². The third-order valence-corrected chi connectivity index (χ3v) is 1.82. The molecule has 1 rings (SSSR count). The number of nitrogens with one attached hydrogen (secondary N) is 1. The first-order valence-corrected chi connectivity index (χ1v) is 4.89. The smallest absolute Gasteiger partial charge is 0.0724 e. The molecule has 0 saturated heterocycles. The Morgan fingerprint density at radius 2 is 2.36 bits per heavy atom. The maximum absolute atomic E-state index is 5.29. The summed E-state index contributed by atoms with van der Waals surface area (Å²) in [5.74, 6) is 0. The van der Waals surface area contributed by atoms with Gasteiger partial charge in [-0.1, -0.05) is 0 Å².